The summed E-state index contributed by atoms with van der Waals surface area (Å²) < 4.78 is 65.3. The smallest absolute Gasteiger partial charge is 0.391 e. The largest absolute Gasteiger partial charge is 0.417 e. The summed E-state index contributed by atoms with van der Waals surface area (Å²) in [6, 6.07) is 3.27. The lowest BCUT2D eigenvalue weighted by Crippen LogP contribution is -2.45. The number of benzene rings is 1. The zero-order chi connectivity index (χ0) is 15.7. The Morgan fingerprint density at radius 1 is 1.14 bits per heavy atom. The maximum Gasteiger partial charge on any atom is 0.417 e. The summed E-state index contributed by atoms with van der Waals surface area (Å²) in [7, 11) is -4.34. The standard InChI is InChI=1S/C13H16F3NO3S/c14-13(15,16)9-5-1-4-8-12(9)21(19,20)17-10-6-2-3-7-11(10)18/h1,4-5,8,10-11,17-18H,2-3,6-7H2. The van der Waals surface area contributed by atoms with Gasteiger partial charge in [0.15, 0.2) is 0 Å². The average Bonchev–Trinajstić information content (AvgIpc) is 2.40. The van der Waals surface area contributed by atoms with Gasteiger partial charge in [-0.25, -0.2) is 13.1 Å². The lowest BCUT2D eigenvalue weighted by atomic mass is 9.93. The fourth-order valence-electron chi connectivity index (χ4n) is 2.45. The average molecular weight is 323 g/mol. The van der Waals surface area contributed by atoms with Crippen LogP contribution in [0.3, 0.4) is 0 Å². The van der Waals surface area contributed by atoms with E-state index in [1.807, 2.05) is 0 Å². The van der Waals surface area contributed by atoms with Crippen LogP contribution in [-0.2, 0) is 16.2 Å². The maximum atomic E-state index is 12.9. The predicted octanol–water partition coefficient (Wildman–Crippen LogP) is 2.29. The van der Waals surface area contributed by atoms with E-state index in [1.54, 1.807) is 0 Å². The summed E-state index contributed by atoms with van der Waals surface area (Å²) in [4.78, 5) is -0.810. The van der Waals surface area contributed by atoms with Crippen LogP contribution in [0, 0.1) is 0 Å². The second kappa shape index (κ2) is 5.94. The summed E-state index contributed by atoms with van der Waals surface area (Å²) in [6.07, 6.45) is -3.27. The number of aliphatic hydroxyl groups excluding tert-OH is 1. The number of halogens is 3. The molecule has 8 heteroatoms. The summed E-state index contributed by atoms with van der Waals surface area (Å²) in [5.41, 5.74) is -1.21. The molecular weight excluding hydrogens is 307 g/mol. The van der Waals surface area contributed by atoms with Crippen LogP contribution in [0.15, 0.2) is 29.2 Å². The minimum atomic E-state index is -4.75. The van der Waals surface area contributed by atoms with Crippen molar-refractivity contribution >= 4 is 10.0 Å². The molecule has 1 fully saturated rings. The zero-order valence-corrected chi connectivity index (χ0v) is 11.9. The Hall–Kier alpha value is -1.12. The molecule has 0 bridgehead atoms. The lowest BCUT2D eigenvalue weighted by Gasteiger charge is -2.28. The van der Waals surface area contributed by atoms with E-state index in [0.717, 1.165) is 31.0 Å². The Labute approximate surface area is 121 Å². The summed E-state index contributed by atoms with van der Waals surface area (Å²) in [5, 5.41) is 9.76. The van der Waals surface area contributed by atoms with Gasteiger partial charge in [-0.2, -0.15) is 13.2 Å². The second-order valence-corrected chi connectivity index (χ2v) is 6.76. The van der Waals surface area contributed by atoms with Gasteiger partial charge in [0.25, 0.3) is 0 Å². The molecular formula is C13H16F3NO3S. The number of hydrogen-bond donors (Lipinski definition) is 2. The number of sulfonamides is 1. The van der Waals surface area contributed by atoms with Gasteiger partial charge in [-0.15, -0.1) is 0 Å². The highest BCUT2D eigenvalue weighted by atomic mass is 32.2. The molecule has 0 radical (unpaired) electrons. The van der Waals surface area contributed by atoms with E-state index in [1.165, 1.54) is 6.07 Å². The van der Waals surface area contributed by atoms with Crippen molar-refractivity contribution in [2.45, 2.75) is 48.9 Å². The monoisotopic (exact) mass is 323 g/mol. The van der Waals surface area contributed by atoms with Gasteiger partial charge in [0.05, 0.1) is 16.6 Å². The quantitative estimate of drug-likeness (QED) is 0.897. The Morgan fingerprint density at radius 3 is 2.38 bits per heavy atom. The van der Waals surface area contributed by atoms with Crippen LogP contribution in [0.2, 0.25) is 0 Å². The number of alkyl halides is 3. The Bertz CT molecular complexity index is 601. The van der Waals surface area contributed by atoms with Crippen molar-refractivity contribution in [3.63, 3.8) is 0 Å². The molecule has 4 nitrogen and oxygen atoms in total. The van der Waals surface area contributed by atoms with Gasteiger partial charge in [0, 0.05) is 6.04 Å². The molecule has 0 amide bonds. The Balaban J connectivity index is 2.32. The van der Waals surface area contributed by atoms with Crippen LogP contribution < -0.4 is 4.72 Å². The highest BCUT2D eigenvalue weighted by Gasteiger charge is 2.38. The Morgan fingerprint density at radius 2 is 1.76 bits per heavy atom. The number of nitrogens with one attached hydrogen (secondary N) is 1. The van der Waals surface area contributed by atoms with Gasteiger partial charge in [-0.05, 0) is 25.0 Å². The fourth-order valence-corrected chi connectivity index (χ4v) is 3.98. The van der Waals surface area contributed by atoms with E-state index in [-0.39, 0.29) is 0 Å². The summed E-state index contributed by atoms with van der Waals surface area (Å²) >= 11 is 0. The van der Waals surface area contributed by atoms with Crippen LogP contribution in [0.1, 0.15) is 31.2 Å². The van der Waals surface area contributed by atoms with Gasteiger partial charge < -0.3 is 5.11 Å². The number of rotatable bonds is 3. The first-order valence-electron chi connectivity index (χ1n) is 6.58. The maximum absolute atomic E-state index is 12.9. The van der Waals surface area contributed by atoms with Crippen molar-refractivity contribution in [1.82, 2.24) is 4.72 Å². The topological polar surface area (TPSA) is 66.4 Å². The molecule has 0 spiro atoms. The molecule has 2 N–H and O–H groups in total. The van der Waals surface area contributed by atoms with Crippen LogP contribution in [0.4, 0.5) is 13.2 Å². The molecule has 1 aromatic carbocycles. The third-order valence-corrected chi connectivity index (χ3v) is 5.07. The van der Waals surface area contributed by atoms with Crippen molar-refractivity contribution in [2.24, 2.45) is 0 Å². The molecule has 1 saturated carbocycles. The molecule has 1 aliphatic carbocycles. The molecule has 1 aliphatic rings. The van der Waals surface area contributed by atoms with Gasteiger partial charge in [0.2, 0.25) is 10.0 Å². The van der Waals surface area contributed by atoms with Gasteiger partial charge in [-0.3, -0.25) is 0 Å². The van der Waals surface area contributed by atoms with E-state index in [0.29, 0.717) is 12.8 Å². The van der Waals surface area contributed by atoms with E-state index in [9.17, 15) is 26.7 Å². The molecule has 2 unspecified atom stereocenters. The van der Waals surface area contributed by atoms with Crippen molar-refractivity contribution in [2.75, 3.05) is 0 Å². The first-order valence-corrected chi connectivity index (χ1v) is 8.07. The van der Waals surface area contributed by atoms with E-state index in [4.69, 9.17) is 0 Å². The lowest BCUT2D eigenvalue weighted by molar-refractivity contribution is -0.139. The molecule has 21 heavy (non-hydrogen) atoms. The molecule has 118 valence electrons. The summed E-state index contributed by atoms with van der Waals surface area (Å²) in [5.74, 6) is 0. The van der Waals surface area contributed by atoms with Crippen molar-refractivity contribution in [3.05, 3.63) is 29.8 Å². The third-order valence-electron chi connectivity index (χ3n) is 3.52. The molecule has 2 rings (SSSR count). The van der Waals surface area contributed by atoms with E-state index < -0.39 is 38.8 Å². The molecule has 0 aliphatic heterocycles. The zero-order valence-electron chi connectivity index (χ0n) is 11.1. The van der Waals surface area contributed by atoms with Crippen LogP contribution in [0.5, 0.6) is 0 Å². The van der Waals surface area contributed by atoms with E-state index >= 15 is 0 Å². The highest BCUT2D eigenvalue weighted by Crippen LogP contribution is 2.34. The predicted molar refractivity (Wildman–Crippen MR) is 70.0 cm³/mol. The normalized spacial score (nSPS) is 24.0. The third kappa shape index (κ3) is 3.75. The van der Waals surface area contributed by atoms with Crippen molar-refractivity contribution in [1.29, 1.82) is 0 Å². The molecule has 0 heterocycles. The van der Waals surface area contributed by atoms with Gasteiger partial charge >= 0.3 is 6.18 Å². The molecule has 0 saturated heterocycles. The second-order valence-electron chi connectivity index (χ2n) is 5.07. The first kappa shape index (κ1) is 16.3. The van der Waals surface area contributed by atoms with Gasteiger partial charge in [0.1, 0.15) is 0 Å². The Kier molecular flexibility index (Phi) is 4.60. The fraction of sp³-hybridized carbons (Fsp3) is 0.538. The molecule has 2 atom stereocenters. The minimum Gasteiger partial charge on any atom is -0.391 e. The van der Waals surface area contributed by atoms with Crippen molar-refractivity contribution in [3.8, 4) is 0 Å². The van der Waals surface area contributed by atoms with Crippen LogP contribution in [-0.4, -0.2) is 25.7 Å². The number of aliphatic hydroxyl groups is 1. The van der Waals surface area contributed by atoms with E-state index in [2.05, 4.69) is 4.72 Å². The SMILES string of the molecule is O=S(=O)(NC1CCCCC1O)c1ccccc1C(F)(F)F. The van der Waals surface area contributed by atoms with Crippen LogP contribution >= 0.6 is 0 Å². The van der Waals surface area contributed by atoms with Gasteiger partial charge in [-0.1, -0.05) is 25.0 Å². The molecule has 0 aromatic heterocycles. The minimum absolute atomic E-state index is 0.411. The van der Waals surface area contributed by atoms with Crippen LogP contribution in [0.25, 0.3) is 0 Å². The number of hydrogen-bond acceptors (Lipinski definition) is 3. The highest BCUT2D eigenvalue weighted by molar-refractivity contribution is 7.89. The molecule has 1 aromatic rings. The van der Waals surface area contributed by atoms with Crippen molar-refractivity contribution < 1.29 is 26.7 Å². The first-order chi connectivity index (χ1) is 9.72. The summed E-state index contributed by atoms with van der Waals surface area (Å²) in [6.45, 7) is 0.